The molecule has 2 aromatic heterocycles. The molecule has 0 aliphatic carbocycles. The average Bonchev–Trinajstić information content (AvgIpc) is 3.62. The van der Waals surface area contributed by atoms with Crippen LogP contribution < -0.4 is 14.2 Å². The van der Waals surface area contributed by atoms with Crippen LogP contribution in [0.25, 0.3) is 0 Å². The molecule has 0 spiro atoms. The Morgan fingerprint density at radius 1 is 1.09 bits per heavy atom. The third-order valence-corrected chi connectivity index (χ3v) is 6.01. The van der Waals surface area contributed by atoms with Gasteiger partial charge in [-0.25, -0.2) is 9.80 Å². The number of furan rings is 1. The van der Waals surface area contributed by atoms with Gasteiger partial charge >= 0.3 is 5.97 Å². The summed E-state index contributed by atoms with van der Waals surface area (Å²) in [7, 11) is 4.35. The first-order valence-corrected chi connectivity index (χ1v) is 10.9. The van der Waals surface area contributed by atoms with Crippen molar-refractivity contribution in [3.8, 4) is 17.2 Å². The fourth-order valence-corrected chi connectivity index (χ4v) is 4.22. The molecule has 1 aromatic carbocycles. The minimum absolute atomic E-state index is 0.106. The Morgan fingerprint density at radius 3 is 2.48 bits per heavy atom. The van der Waals surface area contributed by atoms with Gasteiger partial charge in [-0.05, 0) is 23.6 Å². The molecule has 1 unspecified atom stereocenters. The topological polar surface area (TPSA) is 99.8 Å². The van der Waals surface area contributed by atoms with Gasteiger partial charge in [-0.1, -0.05) is 6.07 Å². The first kappa shape index (κ1) is 22.4. The molecule has 0 N–H and O–H groups in total. The van der Waals surface area contributed by atoms with Crippen molar-refractivity contribution in [2.24, 2.45) is 5.10 Å². The predicted octanol–water partition coefficient (Wildman–Crippen LogP) is 3.90. The molecule has 3 aromatic rings. The summed E-state index contributed by atoms with van der Waals surface area (Å²) in [5, 5.41) is 7.76. The van der Waals surface area contributed by atoms with E-state index in [0.29, 0.717) is 23.7 Å². The van der Waals surface area contributed by atoms with Crippen LogP contribution in [0.3, 0.4) is 0 Å². The molecule has 1 aliphatic rings. The van der Waals surface area contributed by atoms with Gasteiger partial charge in [0.1, 0.15) is 23.1 Å². The van der Waals surface area contributed by atoms with Crippen molar-refractivity contribution >= 4 is 28.9 Å². The summed E-state index contributed by atoms with van der Waals surface area (Å²) in [6.07, 6.45) is 2.04. The number of methoxy groups -OCH3 is 3. The lowest BCUT2D eigenvalue weighted by Crippen LogP contribution is -2.31. The van der Waals surface area contributed by atoms with E-state index >= 15 is 0 Å². The largest absolute Gasteiger partial charge is 0.496 e. The van der Waals surface area contributed by atoms with Crippen molar-refractivity contribution in [3.05, 3.63) is 64.2 Å². The number of carbonyl (C=O) groups excluding carboxylic acids is 2. The second-order valence-electron chi connectivity index (χ2n) is 6.98. The van der Waals surface area contributed by atoms with E-state index in [2.05, 4.69) is 5.10 Å². The van der Waals surface area contributed by atoms with Gasteiger partial charge in [-0.15, -0.1) is 11.3 Å². The average molecular weight is 471 g/mol. The lowest BCUT2D eigenvalue weighted by atomic mass is 10.1. The second-order valence-corrected chi connectivity index (χ2v) is 7.93. The van der Waals surface area contributed by atoms with Crippen LogP contribution in [0.5, 0.6) is 17.2 Å². The molecular formula is C23H22N2O7S. The molecule has 4 rings (SSSR count). The zero-order valence-corrected chi connectivity index (χ0v) is 19.1. The van der Waals surface area contributed by atoms with E-state index in [4.69, 9.17) is 23.4 Å². The summed E-state index contributed by atoms with van der Waals surface area (Å²) < 4.78 is 26.6. The Morgan fingerprint density at radius 2 is 1.85 bits per heavy atom. The molecule has 0 saturated heterocycles. The molecule has 10 heteroatoms. The minimum Gasteiger partial charge on any atom is -0.496 e. The van der Waals surface area contributed by atoms with Crippen LogP contribution in [0.2, 0.25) is 0 Å². The molecule has 9 nitrogen and oxygen atoms in total. The maximum absolute atomic E-state index is 13.0. The number of thiophene rings is 1. The smallest absolute Gasteiger partial charge is 0.342 e. The fraction of sp³-hybridized carbons (Fsp3) is 0.261. The number of hydrogen-bond acceptors (Lipinski definition) is 9. The Kier molecular flexibility index (Phi) is 6.64. The molecule has 0 radical (unpaired) electrons. The molecule has 0 fully saturated rings. The number of benzene rings is 1. The Hall–Kier alpha value is -3.79. The molecule has 3 heterocycles. The molecule has 33 heavy (non-hydrogen) atoms. The van der Waals surface area contributed by atoms with Gasteiger partial charge in [0.15, 0.2) is 18.1 Å². The van der Waals surface area contributed by atoms with Gasteiger partial charge in [0, 0.05) is 18.6 Å². The van der Waals surface area contributed by atoms with E-state index in [1.165, 1.54) is 49.8 Å². The van der Waals surface area contributed by atoms with Gasteiger partial charge in [0.2, 0.25) is 0 Å². The number of hydrazone groups is 1. The summed E-state index contributed by atoms with van der Waals surface area (Å²) in [6, 6.07) is 9.95. The molecule has 172 valence electrons. The van der Waals surface area contributed by atoms with Crippen LogP contribution in [-0.2, 0) is 9.53 Å². The quantitative estimate of drug-likeness (QED) is 0.460. The summed E-state index contributed by atoms with van der Waals surface area (Å²) in [4.78, 5) is 26.7. The monoisotopic (exact) mass is 470 g/mol. The van der Waals surface area contributed by atoms with Crippen LogP contribution in [-0.4, -0.2) is 50.5 Å². The SMILES string of the molecule is COc1cc(OC)c(C(=O)OCC(=O)N2N=C(c3cccs3)CC2c2ccco2)cc1OC. The fourth-order valence-electron chi connectivity index (χ4n) is 3.49. The van der Waals surface area contributed by atoms with Gasteiger partial charge in [0.25, 0.3) is 5.91 Å². The zero-order chi connectivity index (χ0) is 23.4. The molecular weight excluding hydrogens is 448 g/mol. The highest BCUT2D eigenvalue weighted by Crippen LogP contribution is 2.36. The van der Waals surface area contributed by atoms with Crippen LogP contribution in [0.1, 0.15) is 33.5 Å². The van der Waals surface area contributed by atoms with Crippen molar-refractivity contribution in [2.75, 3.05) is 27.9 Å². The van der Waals surface area contributed by atoms with E-state index in [-0.39, 0.29) is 11.3 Å². The third kappa shape index (κ3) is 4.56. The highest BCUT2D eigenvalue weighted by Gasteiger charge is 2.35. The number of ether oxygens (including phenoxy) is 4. The summed E-state index contributed by atoms with van der Waals surface area (Å²) in [5.41, 5.74) is 0.877. The van der Waals surface area contributed by atoms with Crippen LogP contribution in [0.15, 0.2) is 57.6 Å². The van der Waals surface area contributed by atoms with Gasteiger partial charge in [0.05, 0.1) is 38.2 Å². The molecule has 1 amide bonds. The van der Waals surface area contributed by atoms with E-state index in [1.807, 2.05) is 17.5 Å². The normalized spacial score (nSPS) is 15.2. The van der Waals surface area contributed by atoms with Crippen LogP contribution >= 0.6 is 11.3 Å². The zero-order valence-electron chi connectivity index (χ0n) is 18.3. The number of esters is 1. The Bertz CT molecular complexity index is 1160. The predicted molar refractivity (Wildman–Crippen MR) is 120 cm³/mol. The van der Waals surface area contributed by atoms with Crippen LogP contribution in [0.4, 0.5) is 0 Å². The maximum atomic E-state index is 13.0. The lowest BCUT2D eigenvalue weighted by molar-refractivity contribution is -0.136. The maximum Gasteiger partial charge on any atom is 0.342 e. The molecule has 0 bridgehead atoms. The minimum atomic E-state index is -0.739. The van der Waals surface area contributed by atoms with E-state index < -0.39 is 24.5 Å². The van der Waals surface area contributed by atoms with Crippen molar-refractivity contribution in [1.29, 1.82) is 0 Å². The molecule has 1 aliphatic heterocycles. The van der Waals surface area contributed by atoms with Crippen molar-refractivity contribution < 1.29 is 33.0 Å². The Balaban J connectivity index is 1.52. The van der Waals surface area contributed by atoms with E-state index in [0.717, 1.165) is 10.6 Å². The number of hydrogen-bond donors (Lipinski definition) is 0. The van der Waals surface area contributed by atoms with E-state index in [1.54, 1.807) is 18.4 Å². The third-order valence-electron chi connectivity index (χ3n) is 5.10. The number of rotatable bonds is 8. The second kappa shape index (κ2) is 9.78. The number of nitrogens with zero attached hydrogens (tertiary/aromatic N) is 2. The first-order valence-electron chi connectivity index (χ1n) is 9.99. The lowest BCUT2D eigenvalue weighted by Gasteiger charge is -2.20. The van der Waals surface area contributed by atoms with Gasteiger partial charge < -0.3 is 23.4 Å². The summed E-state index contributed by atoms with van der Waals surface area (Å²) in [5.74, 6) is 0.354. The van der Waals surface area contributed by atoms with Crippen molar-refractivity contribution in [3.63, 3.8) is 0 Å². The van der Waals surface area contributed by atoms with Crippen molar-refractivity contribution in [2.45, 2.75) is 12.5 Å². The van der Waals surface area contributed by atoms with Crippen molar-refractivity contribution in [1.82, 2.24) is 5.01 Å². The Labute approximate surface area is 194 Å². The summed E-state index contributed by atoms with van der Waals surface area (Å²) >= 11 is 1.54. The highest BCUT2D eigenvalue weighted by molar-refractivity contribution is 7.12. The highest BCUT2D eigenvalue weighted by atomic mass is 32.1. The summed E-state index contributed by atoms with van der Waals surface area (Å²) in [6.45, 7) is -0.505. The molecule has 1 atom stereocenters. The standard InChI is InChI=1S/C23H22N2O7S/c1-28-18-12-20(30-3)19(29-2)10-14(18)23(27)32-13-22(26)25-16(17-6-4-8-31-17)11-15(24-25)21-7-5-9-33-21/h4-10,12,16H,11,13H2,1-3H3. The number of amides is 1. The number of carbonyl (C=O) groups is 2. The van der Waals surface area contributed by atoms with Gasteiger partial charge in [-0.3, -0.25) is 4.79 Å². The van der Waals surface area contributed by atoms with Gasteiger partial charge in [-0.2, -0.15) is 5.10 Å². The molecule has 0 saturated carbocycles. The first-order chi connectivity index (χ1) is 16.0. The van der Waals surface area contributed by atoms with E-state index in [9.17, 15) is 9.59 Å². The van der Waals surface area contributed by atoms with Crippen LogP contribution in [0, 0.1) is 0 Å².